The maximum Gasteiger partial charge on any atom is 0.267 e. The molecule has 2 aliphatic heterocycles. The molecule has 0 radical (unpaired) electrons. The van der Waals surface area contributed by atoms with Gasteiger partial charge in [-0.2, -0.15) is 0 Å². The maximum atomic E-state index is 13.7. The number of methoxy groups -OCH3 is 1. The molecule has 4 heterocycles. The van der Waals surface area contributed by atoms with Crippen molar-refractivity contribution in [3.63, 3.8) is 0 Å². The van der Waals surface area contributed by atoms with Crippen molar-refractivity contribution in [2.24, 2.45) is 0 Å². The molecule has 0 atom stereocenters. The fraction of sp³-hybridized carbons (Fsp3) is 0.333. The molecule has 1 aromatic carbocycles. The van der Waals surface area contributed by atoms with E-state index in [9.17, 15) is 9.59 Å². The van der Waals surface area contributed by atoms with Crippen LogP contribution in [0.2, 0.25) is 0 Å². The molecule has 2 aromatic heterocycles. The van der Waals surface area contributed by atoms with Gasteiger partial charge in [-0.05, 0) is 30.2 Å². The number of thiocarbonyl (C=S) groups is 1. The lowest BCUT2D eigenvalue weighted by atomic mass is 10.2. The van der Waals surface area contributed by atoms with Crippen LogP contribution in [0, 0.1) is 6.92 Å². The number of aryl methyl sites for hydroxylation is 1. The molecule has 0 unspecified atom stereocenters. The number of nitrogens with zero attached hydrogens (tertiary/aromatic N) is 5. The second-order valence-electron chi connectivity index (χ2n) is 9.16. The van der Waals surface area contributed by atoms with E-state index in [4.69, 9.17) is 21.9 Å². The molecule has 0 N–H and O–H groups in total. The van der Waals surface area contributed by atoms with Gasteiger partial charge in [-0.1, -0.05) is 60.4 Å². The number of thioether (sulfide) groups is 1. The van der Waals surface area contributed by atoms with Crippen molar-refractivity contribution in [1.29, 1.82) is 0 Å². The summed E-state index contributed by atoms with van der Waals surface area (Å²) in [5, 5.41) is 0. The lowest BCUT2D eigenvalue weighted by Gasteiger charge is -2.36. The number of hydrogen-bond acceptors (Lipinski definition) is 8. The number of pyridine rings is 1. The summed E-state index contributed by atoms with van der Waals surface area (Å²) in [5.74, 6) is 0.398. The number of anilines is 1. The van der Waals surface area contributed by atoms with Gasteiger partial charge in [-0.25, -0.2) is 4.98 Å². The van der Waals surface area contributed by atoms with Crippen LogP contribution in [0.25, 0.3) is 11.7 Å². The van der Waals surface area contributed by atoms with E-state index < -0.39 is 0 Å². The predicted octanol–water partition coefficient (Wildman–Crippen LogP) is 3.17. The van der Waals surface area contributed by atoms with Crippen LogP contribution < -0.4 is 10.5 Å². The van der Waals surface area contributed by atoms with Crippen LogP contribution in [-0.2, 0) is 16.1 Å². The summed E-state index contributed by atoms with van der Waals surface area (Å²) in [6, 6.07) is 14.2. The number of fused-ring (bicyclic) bond motifs is 1. The second-order valence-corrected chi connectivity index (χ2v) is 10.8. The molecule has 0 saturated carbocycles. The Balaban J connectivity index is 1.47. The summed E-state index contributed by atoms with van der Waals surface area (Å²) < 4.78 is 7.15. The van der Waals surface area contributed by atoms with Gasteiger partial charge in [-0.3, -0.25) is 23.8 Å². The molecule has 5 rings (SSSR count). The molecule has 0 aliphatic carbocycles. The van der Waals surface area contributed by atoms with Crippen LogP contribution >= 0.6 is 24.0 Å². The lowest BCUT2D eigenvalue weighted by molar-refractivity contribution is -0.122. The van der Waals surface area contributed by atoms with E-state index in [0.717, 1.165) is 38.3 Å². The smallest absolute Gasteiger partial charge is 0.267 e. The van der Waals surface area contributed by atoms with Crippen molar-refractivity contribution in [2.45, 2.75) is 13.5 Å². The van der Waals surface area contributed by atoms with Gasteiger partial charge >= 0.3 is 0 Å². The van der Waals surface area contributed by atoms with Crippen molar-refractivity contribution >= 4 is 51.7 Å². The Bertz CT molecular complexity index is 1410. The predicted molar refractivity (Wildman–Crippen MR) is 152 cm³/mol. The molecule has 0 spiro atoms. The first-order valence-electron chi connectivity index (χ1n) is 12.2. The van der Waals surface area contributed by atoms with Crippen LogP contribution in [0.5, 0.6) is 0 Å². The Hall–Kier alpha value is -3.05. The van der Waals surface area contributed by atoms with Crippen LogP contribution in [0.4, 0.5) is 5.82 Å². The quantitative estimate of drug-likeness (QED) is 0.338. The van der Waals surface area contributed by atoms with E-state index in [2.05, 4.69) is 34.1 Å². The summed E-state index contributed by atoms with van der Waals surface area (Å²) >= 11 is 6.64. The highest BCUT2D eigenvalue weighted by Gasteiger charge is 2.33. The fourth-order valence-electron chi connectivity index (χ4n) is 4.58. The van der Waals surface area contributed by atoms with Crippen LogP contribution in [-0.4, -0.2) is 75.9 Å². The number of aromatic nitrogens is 2. The first-order valence-corrected chi connectivity index (χ1v) is 13.5. The van der Waals surface area contributed by atoms with Crippen LogP contribution in [0.15, 0.2) is 58.4 Å². The summed E-state index contributed by atoms with van der Waals surface area (Å²) in [6.07, 6.45) is 3.45. The summed E-state index contributed by atoms with van der Waals surface area (Å²) in [7, 11) is 1.59. The zero-order valence-corrected chi connectivity index (χ0v) is 22.6. The van der Waals surface area contributed by atoms with Gasteiger partial charge in [0, 0.05) is 46.0 Å². The van der Waals surface area contributed by atoms with Crippen molar-refractivity contribution < 1.29 is 9.53 Å². The normalized spacial score (nSPS) is 17.9. The Labute approximate surface area is 225 Å². The third kappa shape index (κ3) is 5.47. The maximum absolute atomic E-state index is 13.7. The van der Waals surface area contributed by atoms with Crippen LogP contribution in [0.1, 0.15) is 16.7 Å². The molecular weight excluding hydrogens is 506 g/mol. The van der Waals surface area contributed by atoms with Crippen molar-refractivity contribution in [3.8, 4) is 0 Å². The number of carbonyl (C=O) groups excluding carboxylic acids is 1. The highest BCUT2D eigenvalue weighted by atomic mass is 32.2. The molecule has 3 aromatic rings. The zero-order valence-electron chi connectivity index (χ0n) is 20.9. The van der Waals surface area contributed by atoms with E-state index in [1.807, 2.05) is 25.1 Å². The number of ether oxygens (including phenoxy) is 1. The molecule has 1 amide bonds. The Morgan fingerprint density at radius 3 is 2.57 bits per heavy atom. The monoisotopic (exact) mass is 535 g/mol. The Morgan fingerprint density at radius 1 is 1.08 bits per heavy atom. The van der Waals surface area contributed by atoms with E-state index in [1.165, 1.54) is 22.2 Å². The topological polar surface area (TPSA) is 70.4 Å². The van der Waals surface area contributed by atoms with Crippen molar-refractivity contribution in [3.05, 3.63) is 80.6 Å². The molecular formula is C27H29N5O3S2. The Morgan fingerprint density at radius 2 is 1.84 bits per heavy atom. The molecule has 2 fully saturated rings. The lowest BCUT2D eigenvalue weighted by Crippen LogP contribution is -2.47. The van der Waals surface area contributed by atoms with E-state index in [0.29, 0.717) is 39.4 Å². The standard InChI is InChI=1S/C27H29N5O3S2/c1-19-8-9-23-28-24(30-12-10-29(11-13-30)18-20-6-4-3-5-7-20)21(25(33)32(23)17-19)16-22-26(34)31(14-15-35-2)27(36)37-22/h3-9,16-17H,10-15,18H2,1-2H3/b22-16+. The summed E-state index contributed by atoms with van der Waals surface area (Å²) in [5.41, 5.74) is 3.03. The number of carbonyl (C=O) groups is 1. The number of benzene rings is 1. The van der Waals surface area contributed by atoms with Crippen LogP contribution in [0.3, 0.4) is 0 Å². The van der Waals surface area contributed by atoms with Crippen molar-refractivity contribution in [1.82, 2.24) is 19.2 Å². The number of piperazine rings is 1. The molecule has 2 aliphatic rings. The highest BCUT2D eigenvalue weighted by Crippen LogP contribution is 2.33. The average Bonchev–Trinajstić information content (AvgIpc) is 3.17. The molecule has 192 valence electrons. The highest BCUT2D eigenvalue weighted by molar-refractivity contribution is 8.26. The van der Waals surface area contributed by atoms with E-state index in [-0.39, 0.29) is 11.5 Å². The third-order valence-corrected chi connectivity index (χ3v) is 7.95. The fourth-order valence-corrected chi connectivity index (χ4v) is 5.87. The van der Waals surface area contributed by atoms with Gasteiger partial charge in [0.2, 0.25) is 0 Å². The molecule has 8 nitrogen and oxygen atoms in total. The minimum absolute atomic E-state index is 0.197. The van der Waals surface area contributed by atoms with Gasteiger partial charge in [-0.15, -0.1) is 0 Å². The Kier molecular flexibility index (Phi) is 7.71. The minimum Gasteiger partial charge on any atom is -0.383 e. The first-order chi connectivity index (χ1) is 17.9. The summed E-state index contributed by atoms with van der Waals surface area (Å²) in [4.78, 5) is 38.2. The molecule has 2 saturated heterocycles. The largest absolute Gasteiger partial charge is 0.383 e. The molecule has 10 heteroatoms. The minimum atomic E-state index is -0.209. The third-order valence-electron chi connectivity index (χ3n) is 6.57. The van der Waals surface area contributed by atoms with Gasteiger partial charge in [0.25, 0.3) is 11.5 Å². The second kappa shape index (κ2) is 11.1. The van der Waals surface area contributed by atoms with Crippen molar-refractivity contribution in [2.75, 3.05) is 51.3 Å². The molecule has 37 heavy (non-hydrogen) atoms. The number of hydrogen-bond donors (Lipinski definition) is 0. The molecule has 0 bridgehead atoms. The zero-order chi connectivity index (χ0) is 25.9. The number of rotatable bonds is 7. The average molecular weight is 536 g/mol. The van der Waals surface area contributed by atoms with Gasteiger partial charge in [0.15, 0.2) is 0 Å². The van der Waals surface area contributed by atoms with E-state index >= 15 is 0 Å². The van der Waals surface area contributed by atoms with Gasteiger partial charge in [0.1, 0.15) is 15.8 Å². The number of amides is 1. The van der Waals surface area contributed by atoms with Gasteiger partial charge in [0.05, 0.1) is 23.6 Å². The van der Waals surface area contributed by atoms with E-state index in [1.54, 1.807) is 23.8 Å². The summed E-state index contributed by atoms with van der Waals surface area (Å²) in [6.45, 7) is 6.75. The first kappa shape index (κ1) is 25.6. The SMILES string of the molecule is COCCN1C(=O)/C(=C\c2c(N3CCN(Cc4ccccc4)CC3)nc3ccc(C)cn3c2=O)SC1=S. The van der Waals surface area contributed by atoms with Gasteiger partial charge < -0.3 is 9.64 Å².